The highest BCUT2D eigenvalue weighted by atomic mass is 35.5. The van der Waals surface area contributed by atoms with E-state index in [1.807, 2.05) is 0 Å². The maximum atomic E-state index is 12.7. The van der Waals surface area contributed by atoms with E-state index < -0.39 is 15.8 Å². The molecule has 0 saturated carbocycles. The van der Waals surface area contributed by atoms with Crippen molar-refractivity contribution in [3.05, 3.63) is 70.3 Å². The first-order valence-electron chi connectivity index (χ1n) is 5.67. The third-order valence-electron chi connectivity index (χ3n) is 2.41. The second-order valence-corrected chi connectivity index (χ2v) is 6.01. The van der Waals surface area contributed by atoms with E-state index in [0.29, 0.717) is 16.3 Å². The summed E-state index contributed by atoms with van der Waals surface area (Å²) >= 11 is 5.74. The minimum atomic E-state index is -3.64. The van der Waals surface area contributed by atoms with Gasteiger partial charge in [0.25, 0.3) is 10.0 Å². The Bertz CT molecular complexity index is 710. The summed E-state index contributed by atoms with van der Waals surface area (Å²) in [6, 6.07) is 11.8. The lowest BCUT2D eigenvalue weighted by Gasteiger charge is -2.03. The van der Waals surface area contributed by atoms with Crippen LogP contribution in [0.5, 0.6) is 0 Å². The molecule has 0 spiro atoms. The predicted molar refractivity (Wildman–Crippen MR) is 79.4 cm³/mol. The summed E-state index contributed by atoms with van der Waals surface area (Å²) in [4.78, 5) is 0. The minimum absolute atomic E-state index is 0.298. The lowest BCUT2D eigenvalue weighted by Crippen LogP contribution is -2.08. The minimum Gasteiger partial charge on any atom is -0.280 e. The second-order valence-electron chi connectivity index (χ2n) is 4.01. The molecular weight excluding hydrogens is 301 g/mol. The predicted octanol–water partition coefficient (Wildman–Crippen LogP) is 3.89. The zero-order valence-corrected chi connectivity index (χ0v) is 11.8. The van der Waals surface area contributed by atoms with Crippen LogP contribution in [-0.4, -0.2) is 8.42 Å². The van der Waals surface area contributed by atoms with Gasteiger partial charge < -0.3 is 0 Å². The molecule has 2 aromatic carbocycles. The van der Waals surface area contributed by atoms with E-state index in [1.165, 1.54) is 30.3 Å². The molecule has 6 heteroatoms. The standard InChI is InChI=1S/C14H11ClFNO2S/c15-12-3-1-11(2-4-12)9-10-20(18,19)17-14-7-5-13(16)6-8-14/h1-10,17H. The number of hydrogen-bond donors (Lipinski definition) is 1. The molecule has 2 rings (SSSR count). The van der Waals surface area contributed by atoms with Gasteiger partial charge in [-0.15, -0.1) is 0 Å². The summed E-state index contributed by atoms with van der Waals surface area (Å²) in [6.45, 7) is 0. The summed E-state index contributed by atoms with van der Waals surface area (Å²) in [5.74, 6) is -0.426. The maximum Gasteiger partial charge on any atom is 0.255 e. The molecule has 0 unspecified atom stereocenters. The Balaban J connectivity index is 2.11. The molecule has 0 fully saturated rings. The smallest absolute Gasteiger partial charge is 0.255 e. The van der Waals surface area contributed by atoms with Crippen LogP contribution in [0.1, 0.15) is 5.56 Å². The van der Waals surface area contributed by atoms with Gasteiger partial charge in [0.1, 0.15) is 5.82 Å². The molecule has 0 heterocycles. The first-order valence-corrected chi connectivity index (χ1v) is 7.59. The monoisotopic (exact) mass is 311 g/mol. The third kappa shape index (κ3) is 4.36. The van der Waals surface area contributed by atoms with Gasteiger partial charge in [-0.2, -0.15) is 0 Å². The van der Waals surface area contributed by atoms with Crippen LogP contribution in [0.15, 0.2) is 53.9 Å². The van der Waals surface area contributed by atoms with E-state index in [4.69, 9.17) is 11.6 Å². The molecule has 104 valence electrons. The average Bonchev–Trinajstić information content (AvgIpc) is 2.41. The number of benzene rings is 2. The third-order valence-corrected chi connectivity index (χ3v) is 3.68. The molecule has 0 atom stereocenters. The molecule has 0 aliphatic heterocycles. The van der Waals surface area contributed by atoms with E-state index in [2.05, 4.69) is 4.72 Å². The van der Waals surface area contributed by atoms with Crippen LogP contribution in [0.4, 0.5) is 10.1 Å². The van der Waals surface area contributed by atoms with Crippen LogP contribution in [0.3, 0.4) is 0 Å². The second kappa shape index (κ2) is 6.07. The Morgan fingerprint density at radius 2 is 1.60 bits per heavy atom. The van der Waals surface area contributed by atoms with E-state index in [-0.39, 0.29) is 0 Å². The van der Waals surface area contributed by atoms with Crippen molar-refractivity contribution in [1.82, 2.24) is 0 Å². The first-order chi connectivity index (χ1) is 9.44. The maximum absolute atomic E-state index is 12.7. The topological polar surface area (TPSA) is 46.2 Å². The van der Waals surface area contributed by atoms with Gasteiger partial charge in [0.15, 0.2) is 0 Å². The van der Waals surface area contributed by atoms with Gasteiger partial charge in [0.2, 0.25) is 0 Å². The summed E-state index contributed by atoms with van der Waals surface area (Å²) in [5, 5.41) is 1.62. The summed E-state index contributed by atoms with van der Waals surface area (Å²) in [6.07, 6.45) is 1.45. The fraction of sp³-hybridized carbons (Fsp3) is 0. The zero-order valence-electron chi connectivity index (χ0n) is 10.3. The zero-order chi connectivity index (χ0) is 14.6. The van der Waals surface area contributed by atoms with Gasteiger partial charge in [0.05, 0.1) is 5.41 Å². The fourth-order valence-corrected chi connectivity index (χ4v) is 2.45. The molecule has 0 aromatic heterocycles. The highest BCUT2D eigenvalue weighted by molar-refractivity contribution is 7.95. The van der Waals surface area contributed by atoms with Crippen molar-refractivity contribution in [2.24, 2.45) is 0 Å². The van der Waals surface area contributed by atoms with E-state index in [0.717, 1.165) is 5.41 Å². The number of rotatable bonds is 4. The van der Waals surface area contributed by atoms with Crippen molar-refractivity contribution >= 4 is 33.4 Å². The quantitative estimate of drug-likeness (QED) is 0.931. The first kappa shape index (κ1) is 14.6. The molecule has 0 saturated heterocycles. The molecule has 0 amide bonds. The van der Waals surface area contributed by atoms with Gasteiger partial charge in [-0.1, -0.05) is 23.7 Å². The fourth-order valence-electron chi connectivity index (χ4n) is 1.46. The molecule has 0 radical (unpaired) electrons. The molecule has 1 N–H and O–H groups in total. The van der Waals surface area contributed by atoms with Gasteiger partial charge in [-0.05, 0) is 48.0 Å². The van der Waals surface area contributed by atoms with Crippen molar-refractivity contribution < 1.29 is 12.8 Å². The molecule has 0 aliphatic rings. The van der Waals surface area contributed by atoms with E-state index in [9.17, 15) is 12.8 Å². The van der Waals surface area contributed by atoms with Crippen LogP contribution >= 0.6 is 11.6 Å². The van der Waals surface area contributed by atoms with Gasteiger partial charge in [0, 0.05) is 10.7 Å². The number of halogens is 2. The van der Waals surface area contributed by atoms with Gasteiger partial charge in [-0.25, -0.2) is 12.8 Å². The van der Waals surface area contributed by atoms with Crippen molar-refractivity contribution in [2.75, 3.05) is 4.72 Å². The summed E-state index contributed by atoms with van der Waals surface area (Å²) < 4.78 is 38.7. The average molecular weight is 312 g/mol. The SMILES string of the molecule is O=S(=O)(C=Cc1ccc(Cl)cc1)Nc1ccc(F)cc1. The van der Waals surface area contributed by atoms with E-state index >= 15 is 0 Å². The lowest BCUT2D eigenvalue weighted by atomic mass is 10.2. The number of anilines is 1. The van der Waals surface area contributed by atoms with Crippen LogP contribution in [-0.2, 0) is 10.0 Å². The van der Waals surface area contributed by atoms with Crippen LogP contribution in [0.2, 0.25) is 5.02 Å². The highest BCUT2D eigenvalue weighted by Gasteiger charge is 2.05. The van der Waals surface area contributed by atoms with Crippen LogP contribution in [0.25, 0.3) is 6.08 Å². The number of sulfonamides is 1. The normalized spacial score (nSPS) is 11.7. The highest BCUT2D eigenvalue weighted by Crippen LogP contribution is 2.13. The van der Waals surface area contributed by atoms with Crippen LogP contribution < -0.4 is 4.72 Å². The molecule has 0 bridgehead atoms. The van der Waals surface area contributed by atoms with Crippen molar-refractivity contribution in [3.63, 3.8) is 0 Å². The van der Waals surface area contributed by atoms with E-state index in [1.54, 1.807) is 24.3 Å². The Kier molecular flexibility index (Phi) is 4.42. The Morgan fingerprint density at radius 3 is 2.20 bits per heavy atom. The number of nitrogens with one attached hydrogen (secondary N) is 1. The summed E-state index contributed by atoms with van der Waals surface area (Å²) in [7, 11) is -3.64. The van der Waals surface area contributed by atoms with Crippen molar-refractivity contribution in [1.29, 1.82) is 0 Å². The molecule has 2 aromatic rings. The summed E-state index contributed by atoms with van der Waals surface area (Å²) in [5.41, 5.74) is 1.01. The molecule has 20 heavy (non-hydrogen) atoms. The Morgan fingerprint density at radius 1 is 1.00 bits per heavy atom. The van der Waals surface area contributed by atoms with Crippen molar-refractivity contribution in [2.45, 2.75) is 0 Å². The molecule has 0 aliphatic carbocycles. The Hall–Kier alpha value is -1.85. The van der Waals surface area contributed by atoms with Gasteiger partial charge >= 0.3 is 0 Å². The largest absolute Gasteiger partial charge is 0.280 e. The number of hydrogen-bond acceptors (Lipinski definition) is 2. The van der Waals surface area contributed by atoms with Crippen LogP contribution in [0, 0.1) is 5.82 Å². The molecular formula is C14H11ClFNO2S. The van der Waals surface area contributed by atoms with Gasteiger partial charge in [-0.3, -0.25) is 4.72 Å². The lowest BCUT2D eigenvalue weighted by molar-refractivity contribution is 0.609. The Labute approximate surface area is 121 Å². The van der Waals surface area contributed by atoms with Crippen molar-refractivity contribution in [3.8, 4) is 0 Å². The molecule has 3 nitrogen and oxygen atoms in total.